The van der Waals surface area contributed by atoms with Gasteiger partial charge in [0.1, 0.15) is 0 Å². The molecule has 2 amide bonds. The SMILES string of the molecule is CC1=C(C)C(=O)N(c2ccc(CCO)cc2)C1=O. The number of benzene rings is 1. The maximum Gasteiger partial charge on any atom is 0.261 e. The molecule has 1 aliphatic rings. The number of rotatable bonds is 3. The van der Waals surface area contributed by atoms with Crippen LogP contribution in [0.1, 0.15) is 19.4 Å². The standard InChI is InChI=1S/C14H15NO3/c1-9-10(2)14(18)15(13(9)17)12-5-3-11(4-6-12)7-8-16/h3-6,16H,7-8H2,1-2H3. The number of aliphatic hydroxyl groups excluding tert-OH is 1. The van der Waals surface area contributed by atoms with Gasteiger partial charge >= 0.3 is 0 Å². The van der Waals surface area contributed by atoms with Crippen LogP contribution in [0.4, 0.5) is 5.69 Å². The van der Waals surface area contributed by atoms with E-state index < -0.39 is 0 Å². The molecule has 0 spiro atoms. The summed E-state index contributed by atoms with van der Waals surface area (Å²) < 4.78 is 0. The van der Waals surface area contributed by atoms with Gasteiger partial charge in [-0.1, -0.05) is 12.1 Å². The van der Waals surface area contributed by atoms with E-state index in [1.807, 2.05) is 12.1 Å². The third-order valence-corrected chi connectivity index (χ3v) is 3.21. The highest BCUT2D eigenvalue weighted by Crippen LogP contribution is 2.26. The average Bonchev–Trinajstić information content (AvgIpc) is 2.56. The van der Waals surface area contributed by atoms with E-state index in [9.17, 15) is 9.59 Å². The van der Waals surface area contributed by atoms with Crippen molar-refractivity contribution >= 4 is 17.5 Å². The van der Waals surface area contributed by atoms with Gasteiger partial charge in [-0.2, -0.15) is 0 Å². The predicted octanol–water partition coefficient (Wildman–Crippen LogP) is 1.43. The molecule has 0 unspecified atom stereocenters. The maximum absolute atomic E-state index is 11.9. The average molecular weight is 245 g/mol. The minimum absolute atomic E-state index is 0.0840. The number of carbonyl (C=O) groups excluding carboxylic acids is 2. The van der Waals surface area contributed by atoms with Crippen LogP contribution in [0, 0.1) is 0 Å². The van der Waals surface area contributed by atoms with Crippen LogP contribution in [-0.2, 0) is 16.0 Å². The molecule has 0 radical (unpaired) electrons. The molecule has 0 saturated carbocycles. The van der Waals surface area contributed by atoms with E-state index in [0.717, 1.165) is 5.56 Å². The van der Waals surface area contributed by atoms with Gasteiger partial charge in [-0.3, -0.25) is 9.59 Å². The Morgan fingerprint density at radius 1 is 1.00 bits per heavy atom. The summed E-state index contributed by atoms with van der Waals surface area (Å²) in [4.78, 5) is 25.1. The monoisotopic (exact) mass is 245 g/mol. The summed E-state index contributed by atoms with van der Waals surface area (Å²) in [6.07, 6.45) is 0.568. The fourth-order valence-electron chi connectivity index (χ4n) is 1.92. The van der Waals surface area contributed by atoms with E-state index in [2.05, 4.69) is 0 Å². The zero-order chi connectivity index (χ0) is 13.3. The van der Waals surface area contributed by atoms with Crippen molar-refractivity contribution in [3.05, 3.63) is 41.0 Å². The van der Waals surface area contributed by atoms with E-state index in [-0.39, 0.29) is 18.4 Å². The quantitative estimate of drug-likeness (QED) is 0.820. The number of nitrogens with zero attached hydrogens (tertiary/aromatic N) is 1. The number of imide groups is 1. The number of hydrogen-bond donors (Lipinski definition) is 1. The van der Waals surface area contributed by atoms with Crippen molar-refractivity contribution in [2.75, 3.05) is 11.5 Å². The maximum atomic E-state index is 11.9. The summed E-state index contributed by atoms with van der Waals surface area (Å²) in [5.41, 5.74) is 2.54. The fraction of sp³-hybridized carbons (Fsp3) is 0.286. The lowest BCUT2D eigenvalue weighted by molar-refractivity contribution is -0.120. The van der Waals surface area contributed by atoms with Crippen LogP contribution in [0.15, 0.2) is 35.4 Å². The zero-order valence-corrected chi connectivity index (χ0v) is 10.4. The highest BCUT2D eigenvalue weighted by molar-refractivity contribution is 6.32. The third kappa shape index (κ3) is 1.95. The predicted molar refractivity (Wildman–Crippen MR) is 68.1 cm³/mol. The van der Waals surface area contributed by atoms with Crippen LogP contribution < -0.4 is 4.90 Å². The van der Waals surface area contributed by atoms with Crippen molar-refractivity contribution in [3.63, 3.8) is 0 Å². The molecular formula is C14H15NO3. The summed E-state index contributed by atoms with van der Waals surface area (Å²) in [7, 11) is 0. The first-order valence-corrected chi connectivity index (χ1v) is 5.82. The summed E-state index contributed by atoms with van der Waals surface area (Å²) in [5, 5.41) is 8.83. The minimum Gasteiger partial charge on any atom is -0.396 e. The molecule has 1 heterocycles. The molecule has 0 aliphatic carbocycles. The van der Waals surface area contributed by atoms with Crippen molar-refractivity contribution in [3.8, 4) is 0 Å². The second kappa shape index (κ2) is 4.74. The van der Waals surface area contributed by atoms with Crippen LogP contribution in [0.2, 0.25) is 0 Å². The molecule has 0 bridgehead atoms. The zero-order valence-electron chi connectivity index (χ0n) is 10.4. The Labute approximate surface area is 106 Å². The van der Waals surface area contributed by atoms with Gasteiger partial charge in [0.15, 0.2) is 0 Å². The van der Waals surface area contributed by atoms with E-state index in [1.165, 1.54) is 4.90 Å². The number of carbonyl (C=O) groups is 2. The molecule has 0 fully saturated rings. The van der Waals surface area contributed by atoms with E-state index >= 15 is 0 Å². The molecule has 1 aromatic rings. The van der Waals surface area contributed by atoms with Crippen LogP contribution in [0.3, 0.4) is 0 Å². The number of hydrogen-bond acceptors (Lipinski definition) is 3. The van der Waals surface area contributed by atoms with Gasteiger partial charge in [-0.25, -0.2) is 4.90 Å². The number of amides is 2. The molecule has 18 heavy (non-hydrogen) atoms. The third-order valence-electron chi connectivity index (χ3n) is 3.21. The van der Waals surface area contributed by atoms with Gasteiger partial charge in [0.2, 0.25) is 0 Å². The summed E-state index contributed by atoms with van der Waals surface area (Å²) in [6.45, 7) is 3.41. The second-order valence-electron chi connectivity index (χ2n) is 4.34. The highest BCUT2D eigenvalue weighted by Gasteiger charge is 2.34. The second-order valence-corrected chi connectivity index (χ2v) is 4.34. The molecule has 1 aliphatic heterocycles. The van der Waals surface area contributed by atoms with Gasteiger partial charge in [0.05, 0.1) is 5.69 Å². The topological polar surface area (TPSA) is 57.6 Å². The lowest BCUT2D eigenvalue weighted by Crippen LogP contribution is -2.31. The van der Waals surface area contributed by atoms with Crippen LogP contribution in [0.25, 0.3) is 0 Å². The molecule has 0 aromatic heterocycles. The van der Waals surface area contributed by atoms with Gasteiger partial charge in [-0.05, 0) is 38.0 Å². The molecule has 4 heteroatoms. The molecule has 1 aromatic carbocycles. The van der Waals surface area contributed by atoms with Gasteiger partial charge in [0, 0.05) is 17.8 Å². The van der Waals surface area contributed by atoms with Crippen molar-refractivity contribution in [2.45, 2.75) is 20.3 Å². The van der Waals surface area contributed by atoms with Crippen molar-refractivity contribution in [1.29, 1.82) is 0 Å². The van der Waals surface area contributed by atoms with Crippen LogP contribution in [-0.4, -0.2) is 23.5 Å². The Morgan fingerprint density at radius 2 is 1.50 bits per heavy atom. The normalized spacial score (nSPS) is 15.8. The first kappa shape index (κ1) is 12.5. The molecule has 4 nitrogen and oxygen atoms in total. The molecule has 1 N–H and O–H groups in total. The molecule has 0 atom stereocenters. The fourth-order valence-corrected chi connectivity index (χ4v) is 1.92. The minimum atomic E-state index is -0.257. The Bertz CT molecular complexity index is 504. The summed E-state index contributed by atoms with van der Waals surface area (Å²) >= 11 is 0. The molecule has 0 saturated heterocycles. The lowest BCUT2D eigenvalue weighted by Gasteiger charge is -2.15. The number of anilines is 1. The van der Waals surface area contributed by atoms with Gasteiger partial charge in [0.25, 0.3) is 11.8 Å². The molecule has 2 rings (SSSR count). The Kier molecular flexibility index (Phi) is 3.30. The van der Waals surface area contributed by atoms with Crippen molar-refractivity contribution in [2.24, 2.45) is 0 Å². The summed E-state index contributed by atoms with van der Waals surface area (Å²) in [6, 6.07) is 7.09. The van der Waals surface area contributed by atoms with Crippen molar-refractivity contribution in [1.82, 2.24) is 0 Å². The Balaban J connectivity index is 2.29. The Morgan fingerprint density at radius 3 is 1.94 bits per heavy atom. The van der Waals surface area contributed by atoms with Gasteiger partial charge < -0.3 is 5.11 Å². The van der Waals surface area contributed by atoms with E-state index in [4.69, 9.17) is 5.11 Å². The molecular weight excluding hydrogens is 230 g/mol. The first-order chi connectivity index (χ1) is 8.56. The summed E-state index contributed by atoms with van der Waals surface area (Å²) in [5.74, 6) is -0.514. The van der Waals surface area contributed by atoms with Gasteiger partial charge in [-0.15, -0.1) is 0 Å². The smallest absolute Gasteiger partial charge is 0.261 e. The van der Waals surface area contributed by atoms with Crippen LogP contribution >= 0.6 is 0 Å². The van der Waals surface area contributed by atoms with E-state index in [0.29, 0.717) is 23.3 Å². The van der Waals surface area contributed by atoms with Crippen molar-refractivity contribution < 1.29 is 14.7 Å². The largest absolute Gasteiger partial charge is 0.396 e. The van der Waals surface area contributed by atoms with Crippen LogP contribution in [0.5, 0.6) is 0 Å². The van der Waals surface area contributed by atoms with E-state index in [1.54, 1.807) is 26.0 Å². The Hall–Kier alpha value is -1.94. The number of aliphatic hydroxyl groups is 1. The lowest BCUT2D eigenvalue weighted by atomic mass is 10.1. The first-order valence-electron chi connectivity index (χ1n) is 5.82. The molecule has 94 valence electrons. The highest BCUT2D eigenvalue weighted by atomic mass is 16.3.